The zero-order valence-electron chi connectivity index (χ0n) is 10.6. The smallest absolute Gasteiger partial charge is 0.244 e. The molecule has 0 fully saturated rings. The molecule has 1 aromatic heterocycles. The second-order valence-electron chi connectivity index (χ2n) is 4.86. The number of carbonyl (C=O) groups is 1. The molecule has 18 heavy (non-hydrogen) atoms. The monoisotopic (exact) mass is 331 g/mol. The van der Waals surface area contributed by atoms with Crippen LogP contribution in [-0.4, -0.2) is 24.2 Å². The summed E-state index contributed by atoms with van der Waals surface area (Å²) in [6, 6.07) is 1.96. The van der Waals surface area contributed by atoms with Crippen LogP contribution in [0.25, 0.3) is 6.08 Å². The lowest BCUT2D eigenvalue weighted by Gasteiger charge is -2.23. The van der Waals surface area contributed by atoms with Crippen LogP contribution in [0.5, 0.6) is 0 Å². The van der Waals surface area contributed by atoms with E-state index in [1.165, 1.54) is 6.08 Å². The largest absolute Gasteiger partial charge is 0.396 e. The number of hydrogen-bond acceptors (Lipinski definition) is 3. The molecule has 1 aromatic rings. The predicted octanol–water partition coefficient (Wildman–Crippen LogP) is 3.05. The Morgan fingerprint density at radius 1 is 1.61 bits per heavy atom. The lowest BCUT2D eigenvalue weighted by atomic mass is 9.90. The lowest BCUT2D eigenvalue weighted by Crippen LogP contribution is -2.33. The molecule has 2 N–H and O–H groups in total. The minimum Gasteiger partial charge on any atom is -0.396 e. The highest BCUT2D eigenvalue weighted by Gasteiger charge is 2.17. The average Bonchev–Trinajstić information content (AvgIpc) is 2.70. The van der Waals surface area contributed by atoms with E-state index in [0.717, 1.165) is 9.35 Å². The van der Waals surface area contributed by atoms with Crippen molar-refractivity contribution in [2.24, 2.45) is 5.41 Å². The van der Waals surface area contributed by atoms with E-state index in [1.807, 2.05) is 25.3 Å². The quantitative estimate of drug-likeness (QED) is 0.787. The maximum atomic E-state index is 11.6. The summed E-state index contributed by atoms with van der Waals surface area (Å²) in [4.78, 5) is 12.6. The van der Waals surface area contributed by atoms with Gasteiger partial charge in [-0.15, -0.1) is 11.3 Å². The molecule has 0 aromatic carbocycles. The Labute approximate surface area is 120 Å². The fraction of sp³-hybridized carbons (Fsp3) is 0.462. The van der Waals surface area contributed by atoms with E-state index in [4.69, 9.17) is 5.11 Å². The Morgan fingerprint density at radius 2 is 2.33 bits per heavy atom. The van der Waals surface area contributed by atoms with Crippen molar-refractivity contribution >= 4 is 39.2 Å². The van der Waals surface area contributed by atoms with E-state index < -0.39 is 0 Å². The van der Waals surface area contributed by atoms with Crippen LogP contribution in [0.15, 0.2) is 22.0 Å². The summed E-state index contributed by atoms with van der Waals surface area (Å²) in [5, 5.41) is 13.7. The highest BCUT2D eigenvalue weighted by atomic mass is 79.9. The average molecular weight is 332 g/mol. The number of carbonyl (C=O) groups excluding carboxylic acids is 1. The summed E-state index contributed by atoms with van der Waals surface area (Å²) < 4.78 is 1.02. The van der Waals surface area contributed by atoms with E-state index in [2.05, 4.69) is 21.2 Å². The summed E-state index contributed by atoms with van der Waals surface area (Å²) in [6.07, 6.45) is 4.01. The molecule has 0 saturated heterocycles. The molecule has 1 heterocycles. The van der Waals surface area contributed by atoms with Crippen molar-refractivity contribution in [1.82, 2.24) is 5.32 Å². The number of halogens is 1. The van der Waals surface area contributed by atoms with Gasteiger partial charge < -0.3 is 10.4 Å². The first-order valence-electron chi connectivity index (χ1n) is 5.74. The van der Waals surface area contributed by atoms with Crippen molar-refractivity contribution in [1.29, 1.82) is 0 Å². The van der Waals surface area contributed by atoms with Gasteiger partial charge in [0.25, 0.3) is 0 Å². The van der Waals surface area contributed by atoms with Gasteiger partial charge in [0.05, 0.1) is 0 Å². The number of nitrogens with one attached hydrogen (secondary N) is 1. The minimum atomic E-state index is -0.106. The molecule has 0 bridgehead atoms. The van der Waals surface area contributed by atoms with Crippen molar-refractivity contribution in [2.75, 3.05) is 13.2 Å². The van der Waals surface area contributed by atoms with Gasteiger partial charge in [0.15, 0.2) is 0 Å². The predicted molar refractivity (Wildman–Crippen MR) is 79.5 cm³/mol. The molecule has 0 radical (unpaired) electrons. The van der Waals surface area contributed by atoms with Crippen molar-refractivity contribution in [3.05, 3.63) is 26.9 Å². The third-order valence-corrected chi connectivity index (χ3v) is 4.18. The zero-order valence-corrected chi connectivity index (χ0v) is 13.0. The van der Waals surface area contributed by atoms with E-state index in [0.29, 0.717) is 13.0 Å². The number of amides is 1. The molecular weight excluding hydrogens is 314 g/mol. The van der Waals surface area contributed by atoms with Gasteiger partial charge in [-0.25, -0.2) is 0 Å². The molecule has 0 atom stereocenters. The number of hydrogen-bond donors (Lipinski definition) is 2. The van der Waals surface area contributed by atoms with Crippen molar-refractivity contribution in [2.45, 2.75) is 20.3 Å². The van der Waals surface area contributed by atoms with Gasteiger partial charge >= 0.3 is 0 Å². The molecule has 0 aliphatic carbocycles. The third-order valence-electron chi connectivity index (χ3n) is 2.52. The standard InChI is InChI=1S/C13H18BrNO2S/c1-13(2,5-6-16)9-15-12(17)4-3-11-7-10(14)8-18-11/h3-4,7-8,16H,5-6,9H2,1-2H3,(H,15,17)/b4-3+. The van der Waals surface area contributed by atoms with E-state index in [9.17, 15) is 4.79 Å². The van der Waals surface area contributed by atoms with Crippen LogP contribution in [0.4, 0.5) is 0 Å². The first-order chi connectivity index (χ1) is 8.43. The molecule has 0 spiro atoms. The second kappa shape index (κ2) is 7.07. The van der Waals surface area contributed by atoms with E-state index in [-0.39, 0.29) is 17.9 Å². The van der Waals surface area contributed by atoms with E-state index >= 15 is 0 Å². The Bertz CT molecular complexity index is 426. The molecule has 1 rings (SSSR count). The first kappa shape index (κ1) is 15.4. The minimum absolute atomic E-state index is 0.0792. The number of aliphatic hydroxyl groups excluding tert-OH is 1. The summed E-state index contributed by atoms with van der Waals surface area (Å²) in [5.74, 6) is -0.106. The van der Waals surface area contributed by atoms with Crippen LogP contribution in [0.3, 0.4) is 0 Å². The Balaban J connectivity index is 2.40. The highest BCUT2D eigenvalue weighted by Crippen LogP contribution is 2.21. The lowest BCUT2D eigenvalue weighted by molar-refractivity contribution is -0.116. The van der Waals surface area contributed by atoms with Gasteiger partial charge in [-0.3, -0.25) is 4.79 Å². The summed E-state index contributed by atoms with van der Waals surface area (Å²) in [7, 11) is 0. The van der Waals surface area contributed by atoms with Crippen LogP contribution in [0, 0.1) is 5.41 Å². The van der Waals surface area contributed by atoms with Crippen LogP contribution >= 0.6 is 27.3 Å². The van der Waals surface area contributed by atoms with Gasteiger partial charge in [-0.1, -0.05) is 13.8 Å². The van der Waals surface area contributed by atoms with Gasteiger partial charge in [-0.2, -0.15) is 0 Å². The normalized spacial score (nSPS) is 12.0. The van der Waals surface area contributed by atoms with Gasteiger partial charge in [0, 0.05) is 34.0 Å². The molecule has 3 nitrogen and oxygen atoms in total. The van der Waals surface area contributed by atoms with E-state index in [1.54, 1.807) is 17.4 Å². The fourth-order valence-electron chi connectivity index (χ4n) is 1.35. The van der Waals surface area contributed by atoms with Gasteiger partial charge in [0.2, 0.25) is 5.91 Å². The van der Waals surface area contributed by atoms with Gasteiger partial charge in [0.1, 0.15) is 0 Å². The molecular formula is C13H18BrNO2S. The second-order valence-corrected chi connectivity index (χ2v) is 6.71. The zero-order chi connectivity index (χ0) is 13.6. The molecule has 0 aliphatic heterocycles. The SMILES string of the molecule is CC(C)(CCO)CNC(=O)/C=C/c1cc(Br)cs1. The number of aliphatic hydroxyl groups is 1. The Kier molecular flexibility index (Phi) is 6.05. The Hall–Kier alpha value is -0.650. The molecule has 0 unspecified atom stereocenters. The maximum absolute atomic E-state index is 11.6. The highest BCUT2D eigenvalue weighted by molar-refractivity contribution is 9.10. The molecule has 0 aliphatic rings. The first-order valence-corrected chi connectivity index (χ1v) is 7.41. The summed E-state index contributed by atoms with van der Waals surface area (Å²) >= 11 is 4.94. The maximum Gasteiger partial charge on any atom is 0.244 e. The fourth-order valence-corrected chi connectivity index (χ4v) is 2.69. The molecule has 100 valence electrons. The summed E-state index contributed by atoms with van der Waals surface area (Å²) in [6.45, 7) is 4.74. The van der Waals surface area contributed by atoms with Crippen LogP contribution in [0.1, 0.15) is 25.1 Å². The van der Waals surface area contributed by atoms with Crippen molar-refractivity contribution < 1.29 is 9.90 Å². The molecule has 1 amide bonds. The van der Waals surface area contributed by atoms with Crippen molar-refractivity contribution in [3.8, 4) is 0 Å². The summed E-state index contributed by atoms with van der Waals surface area (Å²) in [5.41, 5.74) is -0.0792. The third kappa shape index (κ3) is 5.80. The molecule has 0 saturated carbocycles. The molecule has 5 heteroatoms. The van der Waals surface area contributed by atoms with Crippen LogP contribution < -0.4 is 5.32 Å². The number of rotatable bonds is 6. The van der Waals surface area contributed by atoms with Crippen molar-refractivity contribution in [3.63, 3.8) is 0 Å². The topological polar surface area (TPSA) is 49.3 Å². The van der Waals surface area contributed by atoms with Crippen LogP contribution in [-0.2, 0) is 4.79 Å². The Morgan fingerprint density at radius 3 is 2.89 bits per heavy atom. The number of thiophene rings is 1. The van der Waals surface area contributed by atoms with Gasteiger partial charge in [-0.05, 0) is 39.9 Å². The van der Waals surface area contributed by atoms with Crippen LogP contribution in [0.2, 0.25) is 0 Å².